The number of rotatable bonds is 5. The quantitative estimate of drug-likeness (QED) is 0.823. The minimum Gasteiger partial charge on any atom is -0.444 e. The molecular weight excluding hydrogens is 347 g/mol. The normalized spacial score (nSPS) is 26.2. The molecule has 3 atom stereocenters. The number of ether oxygens (including phenoxy) is 1. The number of hydrogen-bond acceptors (Lipinski definition) is 5. The van der Waals surface area contributed by atoms with Crippen LogP contribution in [-0.4, -0.2) is 43.2 Å². The third kappa shape index (κ3) is 3.95. The van der Waals surface area contributed by atoms with Crippen LogP contribution in [0.1, 0.15) is 39.2 Å². The van der Waals surface area contributed by atoms with Gasteiger partial charge in [-0.3, -0.25) is 0 Å². The average molecular weight is 372 g/mol. The van der Waals surface area contributed by atoms with Crippen molar-refractivity contribution in [3.63, 3.8) is 0 Å². The average Bonchev–Trinajstić information content (AvgIpc) is 3.15. The van der Waals surface area contributed by atoms with Crippen molar-refractivity contribution in [1.29, 1.82) is 0 Å². The molecule has 3 N–H and O–H groups in total. The molecule has 140 valence electrons. The Morgan fingerprint density at radius 1 is 1.40 bits per heavy atom. The maximum absolute atomic E-state index is 13.6. The molecule has 8 heteroatoms. The molecule has 1 aliphatic rings. The molecule has 1 fully saturated rings. The van der Waals surface area contributed by atoms with Gasteiger partial charge in [0.1, 0.15) is 11.4 Å². The highest BCUT2D eigenvalue weighted by Gasteiger charge is 2.71. The van der Waals surface area contributed by atoms with Crippen LogP contribution in [0.15, 0.2) is 24.3 Å². The smallest absolute Gasteiger partial charge is 0.408 e. The fraction of sp³-hybridized carbons (Fsp3) is 0.588. The number of sulfone groups is 1. The second kappa shape index (κ2) is 6.57. The van der Waals surface area contributed by atoms with Gasteiger partial charge in [0.15, 0.2) is 9.84 Å². The van der Waals surface area contributed by atoms with E-state index in [1.165, 1.54) is 25.1 Å². The number of nitrogens with two attached hydrogens (primary N) is 1. The molecule has 6 nitrogen and oxygen atoms in total. The highest BCUT2D eigenvalue weighted by molar-refractivity contribution is 7.92. The Labute approximate surface area is 147 Å². The van der Waals surface area contributed by atoms with Gasteiger partial charge in [-0.1, -0.05) is 19.1 Å². The predicted molar refractivity (Wildman–Crippen MR) is 93.5 cm³/mol. The van der Waals surface area contributed by atoms with E-state index in [4.69, 9.17) is 10.5 Å². The van der Waals surface area contributed by atoms with E-state index >= 15 is 0 Å². The van der Waals surface area contributed by atoms with Crippen LogP contribution in [0.25, 0.3) is 0 Å². The Morgan fingerprint density at radius 2 is 2.04 bits per heavy atom. The summed E-state index contributed by atoms with van der Waals surface area (Å²) in [7, 11) is -3.52. The lowest BCUT2D eigenvalue weighted by molar-refractivity contribution is 0.0497. The van der Waals surface area contributed by atoms with Crippen LogP contribution in [0.2, 0.25) is 0 Å². The molecule has 25 heavy (non-hydrogen) atoms. The molecule has 1 saturated carbocycles. The third-order valence-electron chi connectivity index (χ3n) is 4.32. The summed E-state index contributed by atoms with van der Waals surface area (Å²) >= 11 is 0. The van der Waals surface area contributed by atoms with E-state index in [0.29, 0.717) is 5.56 Å². The van der Waals surface area contributed by atoms with E-state index < -0.39 is 44.1 Å². The van der Waals surface area contributed by atoms with Gasteiger partial charge in [0.25, 0.3) is 0 Å². The molecule has 2 rings (SSSR count). The molecule has 0 aliphatic heterocycles. The minimum absolute atomic E-state index is 0.0960. The molecule has 0 aromatic heterocycles. The van der Waals surface area contributed by atoms with Crippen molar-refractivity contribution >= 4 is 15.9 Å². The Hall–Kier alpha value is -1.67. The van der Waals surface area contributed by atoms with Crippen molar-refractivity contribution in [2.24, 2.45) is 5.73 Å². The van der Waals surface area contributed by atoms with Gasteiger partial charge in [0, 0.05) is 18.2 Å². The van der Waals surface area contributed by atoms with Gasteiger partial charge >= 0.3 is 6.09 Å². The Balaban J connectivity index is 2.40. The third-order valence-corrected chi connectivity index (χ3v) is 6.60. The summed E-state index contributed by atoms with van der Waals surface area (Å²) in [6, 6.07) is 5.70. The zero-order valence-electron chi connectivity index (χ0n) is 14.9. The first-order valence-electron chi connectivity index (χ1n) is 8.15. The summed E-state index contributed by atoms with van der Waals surface area (Å²) in [5.74, 6) is -1.19. The lowest BCUT2D eigenvalue weighted by Gasteiger charge is -2.24. The van der Waals surface area contributed by atoms with E-state index in [1.807, 2.05) is 0 Å². The first-order chi connectivity index (χ1) is 11.5. The molecule has 0 spiro atoms. The van der Waals surface area contributed by atoms with E-state index in [1.54, 1.807) is 26.8 Å². The zero-order valence-corrected chi connectivity index (χ0v) is 15.7. The SMILES string of the molecule is CCS(=O)(=O)[C@H]1[C@@H](c2cccc(F)c2)[C@@]1(CN)NC(=O)OC(C)(C)C. The number of halogens is 1. The molecule has 0 unspecified atom stereocenters. The molecule has 1 aromatic carbocycles. The van der Waals surface area contributed by atoms with Gasteiger partial charge in [-0.25, -0.2) is 17.6 Å². The number of hydrogen-bond donors (Lipinski definition) is 2. The lowest BCUT2D eigenvalue weighted by Crippen LogP contribution is -2.49. The van der Waals surface area contributed by atoms with Crippen molar-refractivity contribution in [1.82, 2.24) is 5.32 Å². The van der Waals surface area contributed by atoms with Crippen LogP contribution in [0.3, 0.4) is 0 Å². The van der Waals surface area contributed by atoms with Crippen LogP contribution in [0, 0.1) is 5.82 Å². The number of benzene rings is 1. The van der Waals surface area contributed by atoms with Gasteiger partial charge in [0.05, 0.1) is 10.8 Å². The van der Waals surface area contributed by atoms with Gasteiger partial charge in [0.2, 0.25) is 0 Å². The Kier molecular flexibility index (Phi) is 5.16. The van der Waals surface area contributed by atoms with Gasteiger partial charge in [-0.2, -0.15) is 0 Å². The molecule has 1 amide bonds. The summed E-state index contributed by atoms with van der Waals surface area (Å²) in [5, 5.41) is 1.73. The van der Waals surface area contributed by atoms with Crippen molar-refractivity contribution in [2.75, 3.05) is 12.3 Å². The topological polar surface area (TPSA) is 98.5 Å². The highest BCUT2D eigenvalue weighted by atomic mass is 32.2. The molecular formula is C17H25FN2O4S. The first-order valence-corrected chi connectivity index (χ1v) is 9.86. The molecule has 0 bridgehead atoms. The maximum Gasteiger partial charge on any atom is 0.408 e. The summed E-state index contributed by atoms with van der Waals surface area (Å²) in [6.07, 6.45) is -0.742. The number of nitrogens with one attached hydrogen (secondary N) is 1. The van der Waals surface area contributed by atoms with E-state index in [-0.39, 0.29) is 12.3 Å². The monoisotopic (exact) mass is 372 g/mol. The fourth-order valence-corrected chi connectivity index (χ4v) is 5.26. The standard InChI is InChI=1S/C17H25FN2O4S/c1-5-25(22,23)14-13(11-7-6-8-12(18)9-11)17(14,10-19)20-15(21)24-16(2,3)4/h6-9,13-14H,5,10,19H2,1-4H3,(H,20,21)/t13-,14+,17-/m1/s1. The minimum atomic E-state index is -3.52. The maximum atomic E-state index is 13.6. The number of amides is 1. The van der Waals surface area contributed by atoms with Crippen LogP contribution in [0.5, 0.6) is 0 Å². The summed E-state index contributed by atoms with van der Waals surface area (Å²) < 4.78 is 43.9. The van der Waals surface area contributed by atoms with Crippen LogP contribution in [-0.2, 0) is 14.6 Å². The zero-order chi connectivity index (χ0) is 19.0. The van der Waals surface area contributed by atoms with Gasteiger partial charge in [-0.15, -0.1) is 0 Å². The Bertz CT molecular complexity index is 760. The van der Waals surface area contributed by atoms with Crippen molar-refractivity contribution < 1.29 is 22.3 Å². The van der Waals surface area contributed by atoms with E-state index in [9.17, 15) is 17.6 Å². The van der Waals surface area contributed by atoms with Crippen LogP contribution in [0.4, 0.5) is 9.18 Å². The summed E-state index contributed by atoms with van der Waals surface area (Å²) in [6.45, 7) is 6.55. The lowest BCUT2D eigenvalue weighted by atomic mass is 10.1. The van der Waals surface area contributed by atoms with Crippen molar-refractivity contribution in [2.45, 2.75) is 50.0 Å². The van der Waals surface area contributed by atoms with Gasteiger partial charge < -0.3 is 15.8 Å². The van der Waals surface area contributed by atoms with Crippen LogP contribution < -0.4 is 11.1 Å². The molecule has 1 aliphatic carbocycles. The second-order valence-electron chi connectivity index (χ2n) is 7.28. The van der Waals surface area contributed by atoms with Crippen molar-refractivity contribution in [3.8, 4) is 0 Å². The largest absolute Gasteiger partial charge is 0.444 e. The summed E-state index contributed by atoms with van der Waals surface area (Å²) in [4.78, 5) is 12.2. The predicted octanol–water partition coefficient (Wildman–Crippen LogP) is 1.95. The first kappa shape index (κ1) is 19.7. The van der Waals surface area contributed by atoms with Gasteiger partial charge in [-0.05, 0) is 38.5 Å². The summed E-state index contributed by atoms with van der Waals surface area (Å²) in [5.41, 5.74) is 4.41. The molecule has 0 radical (unpaired) electrons. The molecule has 1 aromatic rings. The number of carbonyl (C=O) groups is 1. The Morgan fingerprint density at radius 3 is 2.52 bits per heavy atom. The van der Waals surface area contributed by atoms with Crippen molar-refractivity contribution in [3.05, 3.63) is 35.6 Å². The number of carbonyl (C=O) groups excluding carboxylic acids is 1. The second-order valence-corrected chi connectivity index (χ2v) is 9.69. The van der Waals surface area contributed by atoms with E-state index in [2.05, 4.69) is 5.32 Å². The van der Waals surface area contributed by atoms with E-state index in [0.717, 1.165) is 0 Å². The number of alkyl carbamates (subject to hydrolysis) is 1. The molecule has 0 saturated heterocycles. The van der Waals surface area contributed by atoms with Crippen LogP contribution >= 0.6 is 0 Å². The fourth-order valence-electron chi connectivity index (χ4n) is 3.22. The molecule has 0 heterocycles. The highest BCUT2D eigenvalue weighted by Crippen LogP contribution is 2.55.